The van der Waals surface area contributed by atoms with Crippen LogP contribution in [-0.2, 0) is 16.6 Å². The quantitative estimate of drug-likeness (QED) is 0.614. The third-order valence-corrected chi connectivity index (χ3v) is 9.51. The van der Waals surface area contributed by atoms with Crippen molar-refractivity contribution in [2.75, 3.05) is 25.5 Å². The number of carbonyl (C=O) groups excluding carboxylic acids is 1. The Hall–Kier alpha value is -1.81. The maximum Gasteiger partial charge on any atom is 0.257 e. The lowest BCUT2D eigenvalue weighted by atomic mass is 9.96. The summed E-state index contributed by atoms with van der Waals surface area (Å²) in [5.74, 6) is 0.429. The zero-order valence-corrected chi connectivity index (χ0v) is 21.1. The Morgan fingerprint density at radius 1 is 1.15 bits per heavy atom. The first-order valence-corrected chi connectivity index (χ1v) is 14.2. The van der Waals surface area contributed by atoms with Gasteiger partial charge < -0.3 is 0 Å². The Kier molecular flexibility index (Phi) is 7.83. The van der Waals surface area contributed by atoms with Crippen LogP contribution in [0.2, 0.25) is 0 Å². The number of sulfonamides is 1. The molecule has 180 valence electrons. The number of piperidine rings is 1. The molecular weight excluding hydrogens is 456 g/mol. The van der Waals surface area contributed by atoms with Gasteiger partial charge >= 0.3 is 0 Å². The summed E-state index contributed by atoms with van der Waals surface area (Å²) in [6.45, 7) is 5.26. The molecule has 1 N–H and O–H groups in total. The molecule has 2 heterocycles. The van der Waals surface area contributed by atoms with Gasteiger partial charge in [0.2, 0.25) is 10.0 Å². The number of hydrogen-bond donors (Lipinski definition) is 1. The van der Waals surface area contributed by atoms with E-state index >= 15 is 0 Å². The van der Waals surface area contributed by atoms with Gasteiger partial charge in [-0.3, -0.25) is 15.0 Å². The summed E-state index contributed by atoms with van der Waals surface area (Å²) in [5, 5.41) is 5.40. The van der Waals surface area contributed by atoms with Crippen molar-refractivity contribution in [3.63, 3.8) is 0 Å². The van der Waals surface area contributed by atoms with Crippen LogP contribution in [0.3, 0.4) is 0 Å². The summed E-state index contributed by atoms with van der Waals surface area (Å²) in [7, 11) is -1.90. The molecule has 1 aromatic carbocycles. The molecule has 2 aromatic rings. The van der Waals surface area contributed by atoms with Crippen LogP contribution in [0.5, 0.6) is 0 Å². The summed E-state index contributed by atoms with van der Waals surface area (Å²) in [6, 6.07) is 6.24. The molecule has 1 saturated heterocycles. The van der Waals surface area contributed by atoms with E-state index in [2.05, 4.69) is 22.1 Å². The summed E-state index contributed by atoms with van der Waals surface area (Å²) < 4.78 is 27.5. The van der Waals surface area contributed by atoms with Crippen LogP contribution in [0.4, 0.5) is 5.13 Å². The third-order valence-electron chi connectivity index (χ3n) is 6.78. The first-order chi connectivity index (χ1) is 15.8. The Balaban J connectivity index is 1.36. The van der Waals surface area contributed by atoms with E-state index in [1.807, 2.05) is 5.38 Å². The Morgan fingerprint density at radius 3 is 2.58 bits per heavy atom. The second-order valence-electron chi connectivity index (χ2n) is 9.42. The summed E-state index contributed by atoms with van der Waals surface area (Å²) >= 11 is 1.42. The van der Waals surface area contributed by atoms with Crippen molar-refractivity contribution >= 4 is 32.4 Å². The largest absolute Gasteiger partial charge is 0.298 e. The number of hydrogen-bond acceptors (Lipinski definition) is 6. The van der Waals surface area contributed by atoms with Crippen LogP contribution < -0.4 is 5.32 Å². The zero-order valence-electron chi connectivity index (χ0n) is 19.5. The SMILES string of the molecule is CC1CCCN(Cc2csc(NC(=O)c3ccc(S(=O)(=O)N(C)C4CCCCC4)cc3)n2)C1. The van der Waals surface area contributed by atoms with Gasteiger partial charge in [0.25, 0.3) is 5.91 Å². The minimum Gasteiger partial charge on any atom is -0.298 e. The lowest BCUT2D eigenvalue weighted by molar-refractivity contribution is 0.102. The van der Waals surface area contributed by atoms with Crippen LogP contribution in [0.25, 0.3) is 0 Å². The van der Waals surface area contributed by atoms with Gasteiger partial charge in [-0.2, -0.15) is 4.31 Å². The lowest BCUT2D eigenvalue weighted by Gasteiger charge is -2.30. The van der Waals surface area contributed by atoms with E-state index in [9.17, 15) is 13.2 Å². The first-order valence-electron chi connectivity index (χ1n) is 11.9. The van der Waals surface area contributed by atoms with Gasteiger partial charge in [0.05, 0.1) is 10.6 Å². The Bertz CT molecular complexity index is 1050. The minimum absolute atomic E-state index is 0.0546. The fourth-order valence-electron chi connectivity index (χ4n) is 4.85. The predicted octanol–water partition coefficient (Wildman–Crippen LogP) is 4.58. The number of rotatable bonds is 7. The third kappa shape index (κ3) is 6.01. The Morgan fingerprint density at radius 2 is 1.88 bits per heavy atom. The number of carbonyl (C=O) groups is 1. The molecule has 0 bridgehead atoms. The van der Waals surface area contributed by atoms with Gasteiger partial charge in [-0.25, -0.2) is 13.4 Å². The molecule has 1 amide bonds. The molecule has 9 heteroatoms. The van der Waals surface area contributed by atoms with Gasteiger partial charge in [0.1, 0.15) is 0 Å². The van der Waals surface area contributed by atoms with E-state index in [-0.39, 0.29) is 16.8 Å². The molecule has 1 aliphatic heterocycles. The molecule has 7 nitrogen and oxygen atoms in total. The number of aromatic nitrogens is 1. The molecule has 1 aromatic heterocycles. The van der Waals surface area contributed by atoms with Crippen molar-refractivity contribution in [1.82, 2.24) is 14.2 Å². The number of nitrogens with one attached hydrogen (secondary N) is 1. The molecule has 33 heavy (non-hydrogen) atoms. The van der Waals surface area contributed by atoms with Crippen LogP contribution in [0.1, 0.15) is 67.9 Å². The molecule has 0 radical (unpaired) electrons. The number of likely N-dealkylation sites (tertiary alicyclic amines) is 1. The number of benzene rings is 1. The van der Waals surface area contributed by atoms with Crippen LogP contribution in [0.15, 0.2) is 34.5 Å². The maximum atomic E-state index is 13.0. The topological polar surface area (TPSA) is 82.6 Å². The van der Waals surface area contributed by atoms with E-state index < -0.39 is 10.0 Å². The standard InChI is InChI=1S/C24H34N4O3S2/c1-18-7-6-14-28(15-18)16-20-17-32-24(25-20)26-23(29)19-10-12-22(13-11-19)33(30,31)27(2)21-8-4-3-5-9-21/h10-13,17-18,21H,3-9,14-16H2,1-2H3,(H,25,26,29). The summed E-state index contributed by atoms with van der Waals surface area (Å²) in [6.07, 6.45) is 7.62. The zero-order chi connectivity index (χ0) is 23.4. The van der Waals surface area contributed by atoms with Gasteiger partial charge in [-0.05, 0) is 62.4 Å². The molecule has 1 saturated carbocycles. The highest BCUT2D eigenvalue weighted by molar-refractivity contribution is 7.89. The highest BCUT2D eigenvalue weighted by Gasteiger charge is 2.29. The van der Waals surface area contributed by atoms with Crippen molar-refractivity contribution in [3.05, 3.63) is 40.9 Å². The van der Waals surface area contributed by atoms with E-state index in [0.29, 0.717) is 16.6 Å². The highest BCUT2D eigenvalue weighted by Crippen LogP contribution is 2.27. The molecule has 2 fully saturated rings. The van der Waals surface area contributed by atoms with Crippen molar-refractivity contribution in [1.29, 1.82) is 0 Å². The number of nitrogens with zero attached hydrogens (tertiary/aromatic N) is 3. The van der Waals surface area contributed by atoms with E-state index in [0.717, 1.165) is 51.0 Å². The average molecular weight is 491 g/mol. The second-order valence-corrected chi connectivity index (χ2v) is 12.3. The normalized spacial score (nSPS) is 20.8. The molecule has 1 unspecified atom stereocenters. The maximum absolute atomic E-state index is 13.0. The number of anilines is 1. The smallest absolute Gasteiger partial charge is 0.257 e. The van der Waals surface area contributed by atoms with E-state index in [4.69, 9.17) is 0 Å². The van der Waals surface area contributed by atoms with Crippen LogP contribution >= 0.6 is 11.3 Å². The van der Waals surface area contributed by atoms with Gasteiger partial charge in [0.15, 0.2) is 5.13 Å². The molecule has 0 spiro atoms. The van der Waals surface area contributed by atoms with Gasteiger partial charge in [0, 0.05) is 37.1 Å². The molecule has 1 atom stereocenters. The van der Waals surface area contributed by atoms with Crippen molar-refractivity contribution in [2.24, 2.45) is 5.92 Å². The second kappa shape index (κ2) is 10.6. The van der Waals surface area contributed by atoms with Crippen molar-refractivity contribution in [3.8, 4) is 0 Å². The summed E-state index contributed by atoms with van der Waals surface area (Å²) in [4.78, 5) is 19.9. The van der Waals surface area contributed by atoms with Crippen molar-refractivity contribution < 1.29 is 13.2 Å². The average Bonchev–Trinajstić information content (AvgIpc) is 3.25. The Labute approximate surface area is 201 Å². The fraction of sp³-hybridized carbons (Fsp3) is 0.583. The first kappa shape index (κ1) is 24.3. The molecule has 2 aliphatic rings. The van der Waals surface area contributed by atoms with Gasteiger partial charge in [-0.15, -0.1) is 11.3 Å². The molecule has 4 rings (SSSR count). The lowest BCUT2D eigenvalue weighted by Crippen LogP contribution is -2.38. The molecule has 1 aliphatic carbocycles. The van der Waals surface area contributed by atoms with Crippen LogP contribution in [0, 0.1) is 5.92 Å². The summed E-state index contributed by atoms with van der Waals surface area (Å²) in [5.41, 5.74) is 1.38. The minimum atomic E-state index is -3.57. The van der Waals surface area contributed by atoms with Crippen LogP contribution in [-0.4, -0.2) is 54.7 Å². The van der Waals surface area contributed by atoms with Crippen molar-refractivity contribution in [2.45, 2.75) is 69.4 Å². The number of amides is 1. The van der Waals surface area contributed by atoms with E-state index in [1.54, 1.807) is 19.2 Å². The highest BCUT2D eigenvalue weighted by atomic mass is 32.2. The monoisotopic (exact) mass is 490 g/mol. The predicted molar refractivity (Wildman–Crippen MR) is 132 cm³/mol. The van der Waals surface area contributed by atoms with Gasteiger partial charge in [-0.1, -0.05) is 26.2 Å². The molecular formula is C24H34N4O3S2. The number of thiazole rings is 1. The van der Waals surface area contributed by atoms with E-state index in [1.165, 1.54) is 47.0 Å². The fourth-order valence-corrected chi connectivity index (χ4v) is 6.96.